The molecule has 0 aliphatic heterocycles. The predicted molar refractivity (Wildman–Crippen MR) is 78.0 cm³/mol. The molecule has 1 aromatic rings. The molecule has 0 aromatic heterocycles. The molecule has 0 bridgehead atoms. The molecule has 2 atom stereocenters. The smallest absolute Gasteiger partial charge is 0.123 e. The van der Waals surface area contributed by atoms with Crippen molar-refractivity contribution in [1.82, 2.24) is 5.32 Å². The van der Waals surface area contributed by atoms with Crippen molar-refractivity contribution in [2.24, 2.45) is 5.92 Å². The molecule has 108 valence electrons. The van der Waals surface area contributed by atoms with Crippen LogP contribution >= 0.6 is 0 Å². The fourth-order valence-electron chi connectivity index (χ4n) is 2.20. The molecule has 0 heterocycles. The summed E-state index contributed by atoms with van der Waals surface area (Å²) in [4.78, 5) is 0. The monoisotopic (exact) mass is 267 g/mol. The molecule has 0 spiro atoms. The lowest BCUT2D eigenvalue weighted by molar-refractivity contribution is 0.198. The van der Waals surface area contributed by atoms with Gasteiger partial charge in [0.25, 0.3) is 0 Å². The number of hydrogen-bond acceptors (Lipinski definition) is 2. The topological polar surface area (TPSA) is 21.3 Å². The number of benzene rings is 1. The summed E-state index contributed by atoms with van der Waals surface area (Å²) in [6.45, 7) is 6.87. The average molecular weight is 267 g/mol. The maximum atomic E-state index is 13.3. The van der Waals surface area contributed by atoms with Gasteiger partial charge in [-0.15, -0.1) is 0 Å². The third-order valence-electron chi connectivity index (χ3n) is 3.58. The summed E-state index contributed by atoms with van der Waals surface area (Å²) in [5.41, 5.74) is 1.09. The molecule has 0 aliphatic rings. The van der Waals surface area contributed by atoms with Crippen LogP contribution in [-0.2, 0) is 4.74 Å². The molecule has 0 saturated carbocycles. The lowest BCUT2D eigenvalue weighted by Crippen LogP contribution is -2.26. The highest BCUT2D eigenvalue weighted by Crippen LogP contribution is 2.25. The first kappa shape index (κ1) is 16.1. The Kier molecular flexibility index (Phi) is 7.68. The van der Waals surface area contributed by atoms with Gasteiger partial charge in [0.05, 0.1) is 6.61 Å². The van der Waals surface area contributed by atoms with E-state index in [0.29, 0.717) is 18.4 Å². The highest BCUT2D eigenvalue weighted by atomic mass is 19.1. The lowest BCUT2D eigenvalue weighted by Gasteiger charge is -2.21. The molecule has 3 heteroatoms. The van der Waals surface area contributed by atoms with Gasteiger partial charge in [-0.05, 0) is 36.0 Å². The second-order valence-corrected chi connectivity index (χ2v) is 5.20. The van der Waals surface area contributed by atoms with Crippen LogP contribution in [0.25, 0.3) is 0 Å². The van der Waals surface area contributed by atoms with Gasteiger partial charge < -0.3 is 10.1 Å². The Labute approximate surface area is 116 Å². The Bertz CT molecular complexity index is 356. The second kappa shape index (κ2) is 9.05. The van der Waals surface area contributed by atoms with E-state index in [9.17, 15) is 4.39 Å². The summed E-state index contributed by atoms with van der Waals surface area (Å²) < 4.78 is 18.4. The quantitative estimate of drug-likeness (QED) is 0.690. The van der Waals surface area contributed by atoms with Gasteiger partial charge >= 0.3 is 0 Å². The molecular formula is C16H26FNO. The summed E-state index contributed by atoms with van der Waals surface area (Å²) in [5.74, 6) is 0.864. The van der Waals surface area contributed by atoms with E-state index >= 15 is 0 Å². The van der Waals surface area contributed by atoms with Crippen LogP contribution in [0.15, 0.2) is 24.3 Å². The third kappa shape index (κ3) is 6.17. The van der Waals surface area contributed by atoms with Gasteiger partial charge in [-0.1, -0.05) is 32.4 Å². The summed E-state index contributed by atoms with van der Waals surface area (Å²) in [6.07, 6.45) is 2.24. The van der Waals surface area contributed by atoms with E-state index in [-0.39, 0.29) is 5.82 Å². The minimum Gasteiger partial charge on any atom is -0.383 e. The van der Waals surface area contributed by atoms with E-state index in [4.69, 9.17) is 4.74 Å². The normalized spacial score (nSPS) is 14.3. The van der Waals surface area contributed by atoms with E-state index in [0.717, 1.165) is 31.5 Å². The number of rotatable bonds is 9. The molecule has 0 amide bonds. The summed E-state index contributed by atoms with van der Waals surface area (Å²) >= 11 is 0. The first-order valence-corrected chi connectivity index (χ1v) is 7.12. The zero-order valence-corrected chi connectivity index (χ0v) is 12.3. The van der Waals surface area contributed by atoms with Gasteiger partial charge in [-0.25, -0.2) is 4.39 Å². The van der Waals surface area contributed by atoms with E-state index in [1.54, 1.807) is 19.2 Å². The van der Waals surface area contributed by atoms with Crippen LogP contribution in [-0.4, -0.2) is 26.8 Å². The number of halogens is 1. The fourth-order valence-corrected chi connectivity index (χ4v) is 2.20. The Morgan fingerprint density at radius 2 is 2.16 bits per heavy atom. The van der Waals surface area contributed by atoms with Crippen molar-refractivity contribution in [3.05, 3.63) is 35.6 Å². The van der Waals surface area contributed by atoms with Crippen molar-refractivity contribution in [2.75, 3.05) is 26.8 Å². The highest BCUT2D eigenvalue weighted by Gasteiger charge is 2.15. The average Bonchev–Trinajstić information content (AvgIpc) is 2.42. The second-order valence-electron chi connectivity index (χ2n) is 5.20. The zero-order chi connectivity index (χ0) is 14.1. The van der Waals surface area contributed by atoms with E-state index in [2.05, 4.69) is 19.2 Å². The van der Waals surface area contributed by atoms with Gasteiger partial charge in [0.1, 0.15) is 5.82 Å². The first-order valence-electron chi connectivity index (χ1n) is 7.12. The van der Waals surface area contributed by atoms with Gasteiger partial charge in [-0.2, -0.15) is 0 Å². The Morgan fingerprint density at radius 1 is 1.37 bits per heavy atom. The molecule has 0 aliphatic carbocycles. The standard InChI is InChI=1S/C16H26FNO/c1-4-13(2)10-15(12-18-8-9-19-3)14-6-5-7-16(17)11-14/h5-7,11,13,15,18H,4,8-10,12H2,1-3H3. The molecule has 2 nitrogen and oxygen atoms in total. The minimum atomic E-state index is -0.149. The number of ether oxygens (including phenoxy) is 1. The van der Waals surface area contributed by atoms with Crippen molar-refractivity contribution in [3.63, 3.8) is 0 Å². The summed E-state index contributed by atoms with van der Waals surface area (Å²) in [6, 6.07) is 6.98. The van der Waals surface area contributed by atoms with Crippen LogP contribution < -0.4 is 5.32 Å². The first-order chi connectivity index (χ1) is 9.17. The zero-order valence-electron chi connectivity index (χ0n) is 12.3. The van der Waals surface area contributed by atoms with E-state index < -0.39 is 0 Å². The van der Waals surface area contributed by atoms with Crippen LogP contribution in [0.4, 0.5) is 4.39 Å². The Morgan fingerprint density at radius 3 is 2.79 bits per heavy atom. The molecule has 0 radical (unpaired) electrons. The van der Waals surface area contributed by atoms with Crippen LogP contribution in [0, 0.1) is 11.7 Å². The number of hydrogen-bond donors (Lipinski definition) is 1. The van der Waals surface area contributed by atoms with Gasteiger partial charge in [0.2, 0.25) is 0 Å². The summed E-state index contributed by atoms with van der Waals surface area (Å²) in [5, 5.41) is 3.39. The van der Waals surface area contributed by atoms with E-state index in [1.165, 1.54) is 6.07 Å². The molecule has 2 unspecified atom stereocenters. The van der Waals surface area contributed by atoms with Crippen molar-refractivity contribution in [1.29, 1.82) is 0 Å². The van der Waals surface area contributed by atoms with Gasteiger partial charge in [-0.3, -0.25) is 0 Å². The molecular weight excluding hydrogens is 241 g/mol. The molecule has 1 aromatic carbocycles. The largest absolute Gasteiger partial charge is 0.383 e. The molecule has 1 N–H and O–H groups in total. The predicted octanol–water partition coefficient (Wildman–Crippen LogP) is 3.58. The van der Waals surface area contributed by atoms with Crippen molar-refractivity contribution in [2.45, 2.75) is 32.6 Å². The Balaban J connectivity index is 2.63. The number of nitrogens with one attached hydrogen (secondary N) is 1. The number of methoxy groups -OCH3 is 1. The Hall–Kier alpha value is -0.930. The maximum absolute atomic E-state index is 13.3. The van der Waals surface area contributed by atoms with Crippen LogP contribution in [0.3, 0.4) is 0 Å². The minimum absolute atomic E-state index is 0.149. The van der Waals surface area contributed by atoms with Crippen molar-refractivity contribution >= 4 is 0 Å². The van der Waals surface area contributed by atoms with Gasteiger partial charge in [0.15, 0.2) is 0 Å². The van der Waals surface area contributed by atoms with Crippen molar-refractivity contribution < 1.29 is 9.13 Å². The maximum Gasteiger partial charge on any atom is 0.123 e. The summed E-state index contributed by atoms with van der Waals surface area (Å²) in [7, 11) is 1.70. The molecule has 1 rings (SSSR count). The van der Waals surface area contributed by atoms with E-state index in [1.807, 2.05) is 6.07 Å². The lowest BCUT2D eigenvalue weighted by atomic mass is 9.88. The fraction of sp³-hybridized carbons (Fsp3) is 0.625. The van der Waals surface area contributed by atoms with Crippen LogP contribution in [0.5, 0.6) is 0 Å². The van der Waals surface area contributed by atoms with Crippen LogP contribution in [0.1, 0.15) is 38.2 Å². The highest BCUT2D eigenvalue weighted by molar-refractivity contribution is 5.21. The molecule has 0 saturated heterocycles. The third-order valence-corrected chi connectivity index (χ3v) is 3.58. The van der Waals surface area contributed by atoms with Gasteiger partial charge in [0, 0.05) is 20.2 Å². The van der Waals surface area contributed by atoms with Crippen molar-refractivity contribution in [3.8, 4) is 0 Å². The molecule has 0 fully saturated rings. The van der Waals surface area contributed by atoms with Crippen LogP contribution in [0.2, 0.25) is 0 Å². The SMILES string of the molecule is CCC(C)CC(CNCCOC)c1cccc(F)c1. The molecule has 19 heavy (non-hydrogen) atoms.